The molecule has 1 aliphatic rings. The van der Waals surface area contributed by atoms with E-state index in [9.17, 15) is 26.7 Å². The number of fused-ring (bicyclic) bond motifs is 3. The number of benzene rings is 1. The fourth-order valence-corrected chi connectivity index (χ4v) is 4.99. The van der Waals surface area contributed by atoms with E-state index >= 15 is 0 Å². The van der Waals surface area contributed by atoms with Gasteiger partial charge in [-0.15, -0.1) is 23.4 Å². The van der Waals surface area contributed by atoms with Gasteiger partial charge in [0.15, 0.2) is 11.6 Å². The topological polar surface area (TPSA) is 151 Å². The van der Waals surface area contributed by atoms with Crippen molar-refractivity contribution in [3.05, 3.63) is 42.0 Å². The molecule has 212 valence electrons. The minimum Gasteiger partial charge on any atom is -0.491 e. The van der Waals surface area contributed by atoms with Crippen LogP contribution in [0.1, 0.15) is 44.3 Å². The summed E-state index contributed by atoms with van der Waals surface area (Å²) in [6.45, 7) is 6.04. The van der Waals surface area contributed by atoms with Crippen LogP contribution in [-0.4, -0.2) is 69.2 Å². The number of rotatable bonds is 9. The Morgan fingerprint density at radius 3 is 2.51 bits per heavy atom. The molecule has 0 saturated carbocycles. The van der Waals surface area contributed by atoms with Crippen LogP contribution in [0, 0.1) is 6.92 Å². The van der Waals surface area contributed by atoms with E-state index in [1.165, 1.54) is 17.6 Å². The van der Waals surface area contributed by atoms with E-state index in [0.717, 1.165) is 17.7 Å². The minimum absolute atomic E-state index is 0.0311. The van der Waals surface area contributed by atoms with Crippen molar-refractivity contribution in [3.8, 4) is 22.9 Å². The average molecular weight is 573 g/mol. The summed E-state index contributed by atoms with van der Waals surface area (Å²) in [5.41, 5.74) is 0.843. The molecular weight excluding hydrogens is 545 g/mol. The molecule has 1 aromatic carbocycles. The highest BCUT2D eigenvalue weighted by Crippen LogP contribution is 2.39. The number of aliphatic hydroxyl groups excluding tert-OH is 1. The van der Waals surface area contributed by atoms with Gasteiger partial charge in [0.25, 0.3) is 0 Å². The monoisotopic (exact) mass is 572 g/mol. The first-order valence-electron chi connectivity index (χ1n) is 11.8. The molecule has 3 atom stereocenters. The summed E-state index contributed by atoms with van der Waals surface area (Å²) in [5.74, 6) is -0.526. The Morgan fingerprint density at radius 1 is 1.21 bits per heavy atom. The van der Waals surface area contributed by atoms with Gasteiger partial charge in [-0.25, -0.2) is 18.4 Å². The molecule has 4 rings (SSSR count). The Bertz CT molecular complexity index is 1410. The molecule has 0 unspecified atom stereocenters. The summed E-state index contributed by atoms with van der Waals surface area (Å²) in [6, 6.07) is 2.51. The number of hydrogen-bond acceptors (Lipinski definition) is 10. The first-order valence-corrected chi connectivity index (χ1v) is 13.4. The summed E-state index contributed by atoms with van der Waals surface area (Å²) >= 11 is 0. The predicted octanol–water partition coefficient (Wildman–Crippen LogP) is 3.16. The first kappa shape index (κ1) is 28.5. The number of hydrogen-bond donors (Lipinski definition) is 2. The second-order valence-electron chi connectivity index (χ2n) is 9.15. The fraction of sp³-hybridized carbons (Fsp3) is 0.478. The lowest BCUT2D eigenvalue weighted by molar-refractivity contribution is -0.274. The van der Waals surface area contributed by atoms with Gasteiger partial charge in [0.05, 0.1) is 24.3 Å². The van der Waals surface area contributed by atoms with Crippen LogP contribution in [0.3, 0.4) is 0 Å². The van der Waals surface area contributed by atoms with Crippen molar-refractivity contribution < 1.29 is 40.9 Å². The molecule has 16 heteroatoms. The third-order valence-electron chi connectivity index (χ3n) is 5.75. The number of sulfonamides is 1. The van der Waals surface area contributed by atoms with Crippen LogP contribution < -0.4 is 14.2 Å². The second kappa shape index (κ2) is 10.9. The van der Waals surface area contributed by atoms with Crippen LogP contribution in [0.2, 0.25) is 0 Å². The van der Waals surface area contributed by atoms with Crippen molar-refractivity contribution in [2.75, 3.05) is 17.9 Å². The number of nitrogens with one attached hydrogen (secondary N) is 1. The molecule has 0 radical (unpaired) electrons. The lowest BCUT2D eigenvalue weighted by Crippen LogP contribution is -2.35. The third-order valence-corrected chi connectivity index (χ3v) is 7.45. The van der Waals surface area contributed by atoms with E-state index in [1.807, 2.05) is 0 Å². The van der Waals surface area contributed by atoms with Gasteiger partial charge in [0, 0.05) is 12.4 Å². The molecule has 0 aliphatic carbocycles. The van der Waals surface area contributed by atoms with Gasteiger partial charge in [-0.05, 0) is 51.5 Å². The molecular formula is C23H27F3N6O6S. The van der Waals surface area contributed by atoms with Crippen LogP contribution in [0.5, 0.6) is 11.5 Å². The number of anilines is 1. The zero-order chi connectivity index (χ0) is 28.5. The molecule has 0 amide bonds. The Morgan fingerprint density at radius 2 is 1.90 bits per heavy atom. The van der Waals surface area contributed by atoms with Crippen molar-refractivity contribution in [2.45, 2.75) is 57.6 Å². The normalized spacial score (nSPS) is 17.0. The quantitative estimate of drug-likeness (QED) is 0.391. The van der Waals surface area contributed by atoms with E-state index in [1.54, 1.807) is 33.2 Å². The summed E-state index contributed by atoms with van der Waals surface area (Å²) in [4.78, 5) is 8.45. The molecule has 0 saturated heterocycles. The first-order chi connectivity index (χ1) is 18.3. The number of aromatic nitrogens is 5. The number of nitrogens with zero attached hydrogens (tertiary/aromatic N) is 5. The minimum atomic E-state index is -4.94. The van der Waals surface area contributed by atoms with Gasteiger partial charge in [-0.2, -0.15) is 0 Å². The van der Waals surface area contributed by atoms with Crippen LogP contribution in [0.25, 0.3) is 11.4 Å². The van der Waals surface area contributed by atoms with Crippen LogP contribution >= 0.6 is 0 Å². The zero-order valence-electron chi connectivity index (χ0n) is 21.4. The predicted molar refractivity (Wildman–Crippen MR) is 131 cm³/mol. The number of aliphatic hydroxyl groups is 1. The molecule has 39 heavy (non-hydrogen) atoms. The van der Waals surface area contributed by atoms with E-state index in [-0.39, 0.29) is 41.6 Å². The molecule has 12 nitrogen and oxygen atoms in total. The Balaban J connectivity index is 1.71. The maximum Gasteiger partial charge on any atom is 0.573 e. The van der Waals surface area contributed by atoms with Gasteiger partial charge >= 0.3 is 6.36 Å². The van der Waals surface area contributed by atoms with Crippen LogP contribution in [0.15, 0.2) is 30.6 Å². The Kier molecular flexibility index (Phi) is 7.99. The summed E-state index contributed by atoms with van der Waals surface area (Å²) < 4.78 is 84.6. The summed E-state index contributed by atoms with van der Waals surface area (Å²) in [6.07, 6.45) is -3.25. The van der Waals surface area contributed by atoms with Crippen molar-refractivity contribution in [1.29, 1.82) is 0 Å². The zero-order valence-corrected chi connectivity index (χ0v) is 22.2. The highest BCUT2D eigenvalue weighted by atomic mass is 32.2. The summed E-state index contributed by atoms with van der Waals surface area (Å²) in [7, 11) is -4.25. The van der Waals surface area contributed by atoms with Crippen molar-refractivity contribution in [1.82, 2.24) is 24.7 Å². The van der Waals surface area contributed by atoms with E-state index in [4.69, 9.17) is 9.47 Å². The van der Waals surface area contributed by atoms with Gasteiger partial charge < -0.3 is 19.3 Å². The third kappa shape index (κ3) is 6.39. The number of alkyl halides is 3. The molecule has 2 N–H and O–H groups in total. The Labute approximate surface area is 222 Å². The second-order valence-corrected chi connectivity index (χ2v) is 11.2. The molecule has 0 bridgehead atoms. The Hall–Kier alpha value is -3.50. The standard InChI is InChI=1S/C23H27F3N6O6S/c1-12(2)37-19(20-27-8-13(3)9-28-20)14(4)39(34,35)31-22-30-29-21-17-7-16(38-23(24,25)26)5-6-18(17)36-11-15(10-33)32(21)22/h5-9,12,14-15,19,33H,10-11H2,1-4H3,(H,30,31)/t14-,15+,19+/m0/s1. The summed E-state index contributed by atoms with van der Waals surface area (Å²) in [5, 5.41) is 16.7. The highest BCUT2D eigenvalue weighted by molar-refractivity contribution is 7.93. The van der Waals surface area contributed by atoms with Crippen molar-refractivity contribution in [2.24, 2.45) is 0 Å². The lowest BCUT2D eigenvalue weighted by atomic mass is 10.1. The van der Waals surface area contributed by atoms with Gasteiger partial charge in [-0.1, -0.05) is 0 Å². The average Bonchev–Trinajstić information content (AvgIpc) is 3.17. The highest BCUT2D eigenvalue weighted by Gasteiger charge is 2.37. The maximum absolute atomic E-state index is 13.5. The van der Waals surface area contributed by atoms with Gasteiger partial charge in [0.2, 0.25) is 16.0 Å². The molecule has 3 aromatic rings. The largest absolute Gasteiger partial charge is 0.573 e. The number of ether oxygens (including phenoxy) is 3. The van der Waals surface area contributed by atoms with E-state index in [0.29, 0.717) is 0 Å². The van der Waals surface area contributed by atoms with Crippen molar-refractivity contribution in [3.63, 3.8) is 0 Å². The lowest BCUT2D eigenvalue weighted by Gasteiger charge is -2.26. The van der Waals surface area contributed by atoms with Crippen LogP contribution in [0.4, 0.5) is 19.1 Å². The molecule has 3 heterocycles. The SMILES string of the molecule is Cc1cnc([C@H](OC(C)C)[C@H](C)S(=O)(=O)Nc2nnc3n2[C@H](CO)COc2ccc(OC(F)(F)F)cc2-3)nc1. The molecule has 1 aliphatic heterocycles. The van der Waals surface area contributed by atoms with Gasteiger partial charge in [-0.3, -0.25) is 9.29 Å². The van der Waals surface area contributed by atoms with E-state index < -0.39 is 46.1 Å². The number of aryl methyl sites for hydroxylation is 1. The molecule has 2 aromatic heterocycles. The van der Waals surface area contributed by atoms with Gasteiger partial charge in [0.1, 0.15) is 29.5 Å². The van der Waals surface area contributed by atoms with Crippen molar-refractivity contribution >= 4 is 16.0 Å². The maximum atomic E-state index is 13.5. The number of halogens is 3. The van der Waals surface area contributed by atoms with Crippen LogP contribution in [-0.2, 0) is 14.8 Å². The molecule has 0 fully saturated rings. The van der Waals surface area contributed by atoms with E-state index in [2.05, 4.69) is 29.6 Å². The smallest absolute Gasteiger partial charge is 0.491 e. The fourth-order valence-electron chi connectivity index (χ4n) is 3.90. The molecule has 0 spiro atoms.